The van der Waals surface area contributed by atoms with Gasteiger partial charge >= 0.3 is 0 Å². The van der Waals surface area contributed by atoms with E-state index in [1.54, 1.807) is 6.08 Å². The van der Waals surface area contributed by atoms with E-state index in [4.69, 9.17) is 14.2 Å². The van der Waals surface area contributed by atoms with Crippen LogP contribution < -0.4 is 14.2 Å². The van der Waals surface area contributed by atoms with Crippen LogP contribution in [0, 0.1) is 17.4 Å². The zero-order chi connectivity index (χ0) is 24.0. The lowest BCUT2D eigenvalue weighted by Crippen LogP contribution is -2.32. The average Bonchev–Trinajstić information content (AvgIpc) is 3.03. The van der Waals surface area contributed by atoms with Crippen molar-refractivity contribution in [2.24, 2.45) is 0 Å². The number of aryl methyl sites for hydroxylation is 2. The highest BCUT2D eigenvalue weighted by molar-refractivity contribution is 14.1. The van der Waals surface area contributed by atoms with E-state index in [0.717, 1.165) is 44.2 Å². The summed E-state index contributed by atoms with van der Waals surface area (Å²) in [4.78, 5) is 27.0. The van der Waals surface area contributed by atoms with Crippen LogP contribution in [0.15, 0.2) is 35.2 Å². The van der Waals surface area contributed by atoms with Gasteiger partial charge in [0.1, 0.15) is 12.4 Å². The molecule has 2 amide bonds. The number of thioether (sulfide) groups is 1. The van der Waals surface area contributed by atoms with Gasteiger partial charge in [-0.1, -0.05) is 19.1 Å². The maximum absolute atomic E-state index is 12.9. The SMILES string of the molecule is CCCOc1c(I)cc(/C=C2\SC(=O)N(CCOc3cc(C)ccc3C)C2=O)cc1OCC. The summed E-state index contributed by atoms with van der Waals surface area (Å²) in [6.07, 6.45) is 2.62. The van der Waals surface area contributed by atoms with Crippen molar-refractivity contribution in [2.75, 3.05) is 26.4 Å². The zero-order valence-electron chi connectivity index (χ0n) is 19.3. The Bertz CT molecular complexity index is 1070. The summed E-state index contributed by atoms with van der Waals surface area (Å²) in [5.74, 6) is 1.79. The number of halogens is 1. The van der Waals surface area contributed by atoms with Gasteiger partial charge in [0.25, 0.3) is 11.1 Å². The maximum Gasteiger partial charge on any atom is 0.293 e. The van der Waals surface area contributed by atoms with Gasteiger partial charge in [-0.3, -0.25) is 14.5 Å². The molecule has 0 aromatic heterocycles. The number of ether oxygens (including phenoxy) is 3. The molecule has 0 N–H and O–H groups in total. The summed E-state index contributed by atoms with van der Waals surface area (Å²) in [7, 11) is 0. The number of benzene rings is 2. The van der Waals surface area contributed by atoms with Crippen molar-refractivity contribution in [3.63, 3.8) is 0 Å². The fourth-order valence-corrected chi connectivity index (χ4v) is 4.88. The molecule has 1 saturated heterocycles. The molecule has 0 unspecified atom stereocenters. The molecule has 2 aromatic rings. The van der Waals surface area contributed by atoms with E-state index >= 15 is 0 Å². The fourth-order valence-electron chi connectivity index (χ4n) is 3.23. The number of carbonyl (C=O) groups is 2. The fraction of sp³-hybridized carbons (Fsp3) is 0.360. The molecule has 176 valence electrons. The minimum absolute atomic E-state index is 0.195. The highest BCUT2D eigenvalue weighted by Crippen LogP contribution is 2.37. The van der Waals surface area contributed by atoms with Crippen LogP contribution in [0.5, 0.6) is 17.2 Å². The molecular formula is C25H28INO5S. The number of carbonyl (C=O) groups excluding carboxylic acids is 2. The molecule has 0 spiro atoms. The third-order valence-electron chi connectivity index (χ3n) is 4.87. The summed E-state index contributed by atoms with van der Waals surface area (Å²) in [5.41, 5.74) is 2.89. The Morgan fingerprint density at radius 3 is 2.52 bits per heavy atom. The van der Waals surface area contributed by atoms with Gasteiger partial charge in [-0.15, -0.1) is 0 Å². The van der Waals surface area contributed by atoms with E-state index in [1.807, 2.05) is 58.0 Å². The topological polar surface area (TPSA) is 65.1 Å². The Balaban J connectivity index is 1.72. The first kappa shape index (κ1) is 25.4. The highest BCUT2D eigenvalue weighted by Gasteiger charge is 2.35. The van der Waals surface area contributed by atoms with Gasteiger partial charge in [-0.25, -0.2) is 0 Å². The first-order chi connectivity index (χ1) is 15.8. The summed E-state index contributed by atoms with van der Waals surface area (Å²) >= 11 is 3.14. The van der Waals surface area contributed by atoms with Gasteiger partial charge in [0.2, 0.25) is 0 Å². The first-order valence-corrected chi connectivity index (χ1v) is 12.8. The van der Waals surface area contributed by atoms with Crippen molar-refractivity contribution in [3.8, 4) is 17.2 Å². The van der Waals surface area contributed by atoms with Crippen molar-refractivity contribution in [2.45, 2.75) is 34.1 Å². The number of imide groups is 1. The Labute approximate surface area is 212 Å². The number of rotatable bonds is 10. The third-order valence-corrected chi connectivity index (χ3v) is 6.58. The summed E-state index contributed by atoms with van der Waals surface area (Å²) < 4.78 is 18.3. The molecule has 1 aliphatic rings. The molecule has 0 atom stereocenters. The predicted octanol–water partition coefficient (Wildman–Crippen LogP) is 6.21. The van der Waals surface area contributed by atoms with Crippen molar-refractivity contribution >= 4 is 51.6 Å². The van der Waals surface area contributed by atoms with Crippen molar-refractivity contribution in [1.82, 2.24) is 4.90 Å². The number of hydrogen-bond donors (Lipinski definition) is 0. The molecule has 1 fully saturated rings. The minimum atomic E-state index is -0.311. The molecule has 6 nitrogen and oxygen atoms in total. The van der Waals surface area contributed by atoms with E-state index < -0.39 is 0 Å². The zero-order valence-corrected chi connectivity index (χ0v) is 22.2. The van der Waals surface area contributed by atoms with E-state index in [-0.39, 0.29) is 24.3 Å². The maximum atomic E-state index is 12.9. The second-order valence-electron chi connectivity index (χ2n) is 7.56. The Kier molecular flexibility index (Phi) is 9.08. The summed E-state index contributed by atoms with van der Waals surface area (Å²) in [6, 6.07) is 9.72. The first-order valence-electron chi connectivity index (χ1n) is 10.9. The Hall–Kier alpha value is -2.20. The molecule has 8 heteroatoms. The molecular weight excluding hydrogens is 553 g/mol. The lowest BCUT2D eigenvalue weighted by molar-refractivity contribution is -0.123. The van der Waals surface area contributed by atoms with Crippen LogP contribution in [-0.2, 0) is 4.79 Å². The van der Waals surface area contributed by atoms with Gasteiger partial charge in [0.05, 0.1) is 28.2 Å². The molecule has 0 bridgehead atoms. The van der Waals surface area contributed by atoms with Crippen molar-refractivity contribution in [1.29, 1.82) is 0 Å². The van der Waals surface area contributed by atoms with Gasteiger partial charge in [0.15, 0.2) is 11.5 Å². The van der Waals surface area contributed by atoms with Crippen LogP contribution in [0.25, 0.3) is 6.08 Å². The predicted molar refractivity (Wildman–Crippen MR) is 140 cm³/mol. The molecule has 2 aromatic carbocycles. The van der Waals surface area contributed by atoms with Crippen LogP contribution in [0.3, 0.4) is 0 Å². The van der Waals surface area contributed by atoms with E-state index in [2.05, 4.69) is 22.6 Å². The van der Waals surface area contributed by atoms with Crippen molar-refractivity contribution < 1.29 is 23.8 Å². The molecule has 0 aliphatic carbocycles. The second-order valence-corrected chi connectivity index (χ2v) is 9.72. The van der Waals surface area contributed by atoms with Crippen LogP contribution >= 0.6 is 34.4 Å². The standard InChI is InChI=1S/C25H28INO5S/c1-5-10-32-23-19(26)13-18(14-21(23)30-6-2)15-22-24(28)27(25(29)33-22)9-11-31-20-12-16(3)7-8-17(20)4/h7-8,12-15H,5-6,9-11H2,1-4H3/b22-15-. The molecule has 0 saturated carbocycles. The van der Waals surface area contributed by atoms with E-state index in [9.17, 15) is 9.59 Å². The van der Waals surface area contributed by atoms with Gasteiger partial charge in [0, 0.05) is 0 Å². The summed E-state index contributed by atoms with van der Waals surface area (Å²) in [5, 5.41) is -0.293. The van der Waals surface area contributed by atoms with E-state index in [1.165, 1.54) is 4.90 Å². The largest absolute Gasteiger partial charge is 0.491 e. The average molecular weight is 581 g/mol. The normalized spacial score (nSPS) is 14.8. The number of amides is 2. The minimum Gasteiger partial charge on any atom is -0.491 e. The highest BCUT2D eigenvalue weighted by atomic mass is 127. The van der Waals surface area contributed by atoms with Crippen LogP contribution in [0.4, 0.5) is 4.79 Å². The molecule has 3 rings (SSSR count). The molecule has 1 heterocycles. The Morgan fingerprint density at radius 1 is 1.00 bits per heavy atom. The van der Waals surface area contributed by atoms with E-state index in [0.29, 0.717) is 29.6 Å². The smallest absolute Gasteiger partial charge is 0.293 e. The lowest BCUT2D eigenvalue weighted by Gasteiger charge is -2.15. The lowest BCUT2D eigenvalue weighted by atomic mass is 10.1. The quantitative estimate of drug-likeness (QED) is 0.246. The Morgan fingerprint density at radius 2 is 1.79 bits per heavy atom. The second kappa shape index (κ2) is 11.8. The number of nitrogens with zero attached hydrogens (tertiary/aromatic N) is 1. The monoisotopic (exact) mass is 581 g/mol. The summed E-state index contributed by atoms with van der Waals surface area (Å²) in [6.45, 7) is 9.45. The van der Waals surface area contributed by atoms with Gasteiger partial charge in [-0.2, -0.15) is 0 Å². The molecule has 0 radical (unpaired) electrons. The third kappa shape index (κ3) is 6.44. The van der Waals surface area contributed by atoms with Crippen LogP contribution in [-0.4, -0.2) is 42.4 Å². The number of hydrogen-bond acceptors (Lipinski definition) is 6. The molecule has 1 aliphatic heterocycles. The van der Waals surface area contributed by atoms with Gasteiger partial charge < -0.3 is 14.2 Å². The van der Waals surface area contributed by atoms with Crippen LogP contribution in [0.1, 0.15) is 37.0 Å². The van der Waals surface area contributed by atoms with Crippen molar-refractivity contribution in [3.05, 3.63) is 55.5 Å². The van der Waals surface area contributed by atoms with Gasteiger partial charge in [-0.05, 0) is 103 Å². The molecule has 33 heavy (non-hydrogen) atoms. The van der Waals surface area contributed by atoms with Crippen LogP contribution in [0.2, 0.25) is 0 Å².